The Hall–Kier alpha value is -0.440. The van der Waals surface area contributed by atoms with Crippen molar-refractivity contribution in [2.75, 3.05) is 13.3 Å². The Morgan fingerprint density at radius 3 is 2.60 bits per heavy atom. The van der Waals surface area contributed by atoms with E-state index in [0.717, 1.165) is 5.70 Å². The van der Waals surface area contributed by atoms with E-state index in [-0.39, 0.29) is 5.91 Å². The molecule has 0 aromatic heterocycles. The van der Waals surface area contributed by atoms with Crippen LogP contribution in [0.1, 0.15) is 6.42 Å². The average Bonchev–Trinajstić information content (AvgIpc) is 2.17. The van der Waals surface area contributed by atoms with Gasteiger partial charge in [-0.2, -0.15) is 11.8 Å². The monoisotopic (exact) mass is 157 g/mol. The number of rotatable bonds is 1. The third-order valence-electron chi connectivity index (χ3n) is 1.82. The van der Waals surface area contributed by atoms with Crippen LogP contribution in [0.15, 0.2) is 12.3 Å². The highest BCUT2D eigenvalue weighted by Crippen LogP contribution is 2.28. The van der Waals surface area contributed by atoms with Gasteiger partial charge in [-0.1, -0.05) is 6.58 Å². The van der Waals surface area contributed by atoms with E-state index in [4.69, 9.17) is 0 Å². The van der Waals surface area contributed by atoms with Crippen LogP contribution in [0.25, 0.3) is 0 Å². The van der Waals surface area contributed by atoms with Crippen molar-refractivity contribution in [3.05, 3.63) is 12.3 Å². The van der Waals surface area contributed by atoms with Crippen LogP contribution in [0.5, 0.6) is 0 Å². The predicted molar refractivity (Wildman–Crippen MR) is 43.8 cm³/mol. The second kappa shape index (κ2) is 2.66. The summed E-state index contributed by atoms with van der Waals surface area (Å²) in [7, 11) is 1.78. The van der Waals surface area contributed by atoms with Gasteiger partial charge in [0.05, 0.1) is 5.25 Å². The van der Waals surface area contributed by atoms with Crippen molar-refractivity contribution in [1.82, 2.24) is 4.90 Å². The quantitative estimate of drug-likeness (QED) is 0.568. The summed E-state index contributed by atoms with van der Waals surface area (Å²) in [6.45, 7) is 3.82. The minimum absolute atomic E-state index is 0.185. The number of hydrogen-bond acceptors (Lipinski definition) is 2. The summed E-state index contributed by atoms with van der Waals surface area (Å²) in [5.74, 6) is 0.185. The van der Waals surface area contributed by atoms with Crippen molar-refractivity contribution in [1.29, 1.82) is 0 Å². The third kappa shape index (κ3) is 1.06. The fourth-order valence-corrected chi connectivity index (χ4v) is 1.75. The molecule has 0 saturated carbocycles. The first-order valence-electron chi connectivity index (χ1n) is 3.15. The molecule has 1 fully saturated rings. The Balaban J connectivity index is 2.71. The second-order valence-electron chi connectivity index (χ2n) is 2.37. The van der Waals surface area contributed by atoms with Gasteiger partial charge in [0.25, 0.3) is 0 Å². The summed E-state index contributed by atoms with van der Waals surface area (Å²) in [5.41, 5.74) is 0.942. The van der Waals surface area contributed by atoms with E-state index >= 15 is 0 Å². The summed E-state index contributed by atoms with van der Waals surface area (Å²) in [4.78, 5) is 12.6. The van der Waals surface area contributed by atoms with Gasteiger partial charge in [0.1, 0.15) is 0 Å². The SMILES string of the molecule is C=C1C(SC)CC(=O)N1C. The third-order valence-corrected chi connectivity index (χ3v) is 2.83. The molecule has 0 radical (unpaired) electrons. The maximum absolute atomic E-state index is 11.0. The lowest BCUT2D eigenvalue weighted by Crippen LogP contribution is -2.16. The van der Waals surface area contributed by atoms with E-state index in [9.17, 15) is 4.79 Å². The molecule has 56 valence electrons. The number of likely N-dealkylation sites (tertiary alicyclic amines) is 1. The summed E-state index contributed by atoms with van der Waals surface area (Å²) in [6, 6.07) is 0. The molecule has 1 atom stereocenters. The number of hydrogen-bond donors (Lipinski definition) is 0. The largest absolute Gasteiger partial charge is 0.319 e. The van der Waals surface area contributed by atoms with Gasteiger partial charge in [-0.25, -0.2) is 0 Å². The lowest BCUT2D eigenvalue weighted by atomic mass is 10.3. The molecule has 3 heteroatoms. The number of amides is 1. The molecular formula is C7H11NOS. The van der Waals surface area contributed by atoms with Gasteiger partial charge < -0.3 is 4.90 Å². The topological polar surface area (TPSA) is 20.3 Å². The lowest BCUT2D eigenvalue weighted by molar-refractivity contribution is -0.125. The zero-order valence-electron chi connectivity index (χ0n) is 6.26. The first-order chi connectivity index (χ1) is 4.66. The van der Waals surface area contributed by atoms with Gasteiger partial charge in [0.15, 0.2) is 0 Å². The Morgan fingerprint density at radius 2 is 2.40 bits per heavy atom. The molecule has 2 nitrogen and oxygen atoms in total. The molecule has 1 aliphatic rings. The molecule has 10 heavy (non-hydrogen) atoms. The molecule has 1 saturated heterocycles. The van der Waals surface area contributed by atoms with E-state index in [1.165, 1.54) is 0 Å². The van der Waals surface area contributed by atoms with Crippen LogP contribution in [0.4, 0.5) is 0 Å². The Kier molecular flexibility index (Phi) is 2.04. The molecule has 1 amide bonds. The number of carbonyl (C=O) groups is 1. The molecular weight excluding hydrogens is 146 g/mol. The average molecular weight is 157 g/mol. The Morgan fingerprint density at radius 1 is 1.80 bits per heavy atom. The molecule has 0 spiro atoms. The van der Waals surface area contributed by atoms with Gasteiger partial charge in [-0.05, 0) is 6.26 Å². The first-order valence-corrected chi connectivity index (χ1v) is 4.43. The molecule has 0 N–H and O–H groups in total. The molecule has 1 aliphatic heterocycles. The maximum Gasteiger partial charge on any atom is 0.227 e. The van der Waals surface area contributed by atoms with Crippen LogP contribution in [0.3, 0.4) is 0 Å². The van der Waals surface area contributed by atoms with E-state index in [1.807, 2.05) is 6.26 Å². The second-order valence-corrected chi connectivity index (χ2v) is 3.41. The standard InChI is InChI=1S/C7H11NOS/c1-5-6(10-3)4-7(9)8(5)2/h6H,1,4H2,2-3H3. The summed E-state index contributed by atoms with van der Waals surface area (Å²) in [5, 5.41) is 0.317. The number of nitrogens with zero attached hydrogens (tertiary/aromatic N) is 1. The smallest absolute Gasteiger partial charge is 0.227 e. The summed E-state index contributed by atoms with van der Waals surface area (Å²) < 4.78 is 0. The van der Waals surface area contributed by atoms with E-state index in [2.05, 4.69) is 6.58 Å². The predicted octanol–water partition coefficient (Wildman–Crippen LogP) is 1.09. The van der Waals surface area contributed by atoms with Crippen molar-refractivity contribution < 1.29 is 4.79 Å². The normalized spacial score (nSPS) is 26.2. The molecule has 1 heterocycles. The van der Waals surface area contributed by atoms with Gasteiger partial charge in [0.2, 0.25) is 5.91 Å². The molecule has 1 unspecified atom stereocenters. The van der Waals surface area contributed by atoms with Crippen LogP contribution >= 0.6 is 11.8 Å². The molecule has 0 bridgehead atoms. The van der Waals surface area contributed by atoms with Crippen molar-refractivity contribution in [2.24, 2.45) is 0 Å². The highest BCUT2D eigenvalue weighted by atomic mass is 32.2. The van der Waals surface area contributed by atoms with Crippen LogP contribution in [0, 0.1) is 0 Å². The molecule has 1 rings (SSSR count). The maximum atomic E-state index is 11.0. The fraction of sp³-hybridized carbons (Fsp3) is 0.571. The Labute approximate surface area is 65.3 Å². The van der Waals surface area contributed by atoms with Crippen molar-refractivity contribution in [3.63, 3.8) is 0 Å². The fourth-order valence-electron chi connectivity index (χ4n) is 1.01. The van der Waals surface area contributed by atoms with Gasteiger partial charge in [-0.15, -0.1) is 0 Å². The molecule has 0 aliphatic carbocycles. The van der Waals surface area contributed by atoms with Crippen LogP contribution in [-0.2, 0) is 4.79 Å². The lowest BCUT2D eigenvalue weighted by Gasteiger charge is -2.11. The van der Waals surface area contributed by atoms with Crippen molar-refractivity contribution >= 4 is 17.7 Å². The van der Waals surface area contributed by atoms with Crippen LogP contribution in [-0.4, -0.2) is 29.4 Å². The van der Waals surface area contributed by atoms with Gasteiger partial charge >= 0.3 is 0 Å². The highest BCUT2D eigenvalue weighted by molar-refractivity contribution is 7.99. The van der Waals surface area contributed by atoms with E-state index in [1.54, 1.807) is 23.7 Å². The zero-order chi connectivity index (χ0) is 7.72. The van der Waals surface area contributed by atoms with Crippen LogP contribution in [0.2, 0.25) is 0 Å². The minimum Gasteiger partial charge on any atom is -0.319 e. The van der Waals surface area contributed by atoms with Crippen LogP contribution < -0.4 is 0 Å². The van der Waals surface area contributed by atoms with Crippen molar-refractivity contribution in [3.8, 4) is 0 Å². The Bertz CT molecular complexity index is 178. The van der Waals surface area contributed by atoms with Gasteiger partial charge in [-0.3, -0.25) is 4.79 Å². The van der Waals surface area contributed by atoms with E-state index < -0.39 is 0 Å². The number of thioether (sulfide) groups is 1. The van der Waals surface area contributed by atoms with E-state index in [0.29, 0.717) is 11.7 Å². The first kappa shape index (κ1) is 7.66. The number of carbonyl (C=O) groups excluding carboxylic acids is 1. The minimum atomic E-state index is 0.185. The molecule has 0 aromatic rings. The van der Waals surface area contributed by atoms with Crippen molar-refractivity contribution in [2.45, 2.75) is 11.7 Å². The molecule has 0 aromatic carbocycles. The highest BCUT2D eigenvalue weighted by Gasteiger charge is 2.29. The summed E-state index contributed by atoms with van der Waals surface area (Å²) >= 11 is 1.69. The summed E-state index contributed by atoms with van der Waals surface area (Å²) in [6.07, 6.45) is 2.62. The van der Waals surface area contributed by atoms with Gasteiger partial charge in [0, 0.05) is 19.2 Å². The zero-order valence-corrected chi connectivity index (χ0v) is 7.07.